The number of nitrogens with zero attached hydrogens (tertiary/aromatic N) is 5. The van der Waals surface area contributed by atoms with Gasteiger partial charge in [0.2, 0.25) is 5.95 Å². The second-order valence-electron chi connectivity index (χ2n) is 14.0. The van der Waals surface area contributed by atoms with Crippen molar-refractivity contribution in [2.45, 2.75) is 0 Å². The van der Waals surface area contributed by atoms with Crippen LogP contribution in [0.5, 0.6) is 0 Å². The van der Waals surface area contributed by atoms with Crippen LogP contribution in [-0.4, -0.2) is 24.1 Å². The normalized spacial score (nSPS) is 11.6. The third-order valence-corrected chi connectivity index (χ3v) is 10.8. The van der Waals surface area contributed by atoms with E-state index in [-0.39, 0.29) is 0 Å². The van der Waals surface area contributed by atoms with Gasteiger partial charge >= 0.3 is 0 Å². The Morgan fingerprint density at radius 3 is 1.39 bits per heavy atom. The molecule has 3 aromatic heterocycles. The zero-order chi connectivity index (χ0) is 37.0. The Morgan fingerprint density at radius 2 is 0.750 bits per heavy atom. The molecule has 3 heterocycles. The SMILES string of the molecule is c1ccc(-c2ccc(-n3c4ccccc4c4ccc5c6ccccc6n(-c6nc(-c7ccccc7)nc(-c7ccccc7-c7ccccc7)n6)c5c43)cc2)cc1. The second-order valence-corrected chi connectivity index (χ2v) is 14.0. The Hall–Kier alpha value is -7.63. The van der Waals surface area contributed by atoms with Crippen LogP contribution in [0.15, 0.2) is 200 Å². The van der Waals surface area contributed by atoms with Gasteiger partial charge in [-0.2, -0.15) is 9.97 Å². The van der Waals surface area contributed by atoms with Gasteiger partial charge < -0.3 is 4.57 Å². The molecular formula is C51H33N5. The summed E-state index contributed by atoms with van der Waals surface area (Å²) in [5.74, 6) is 1.79. The topological polar surface area (TPSA) is 48.5 Å². The lowest BCUT2D eigenvalue weighted by Crippen LogP contribution is -2.07. The molecule has 0 saturated heterocycles. The van der Waals surface area contributed by atoms with E-state index < -0.39 is 0 Å². The first-order chi connectivity index (χ1) is 27.8. The Morgan fingerprint density at radius 1 is 0.286 bits per heavy atom. The molecule has 0 atom stereocenters. The monoisotopic (exact) mass is 715 g/mol. The fourth-order valence-corrected chi connectivity index (χ4v) is 8.26. The van der Waals surface area contributed by atoms with Gasteiger partial charge in [0.1, 0.15) is 0 Å². The van der Waals surface area contributed by atoms with Crippen molar-refractivity contribution >= 4 is 43.6 Å². The summed E-state index contributed by atoms with van der Waals surface area (Å²) >= 11 is 0. The first-order valence-electron chi connectivity index (χ1n) is 18.9. The van der Waals surface area contributed by atoms with E-state index in [1.54, 1.807) is 0 Å². The molecular weight excluding hydrogens is 683 g/mol. The van der Waals surface area contributed by atoms with Gasteiger partial charge in [0.05, 0.1) is 22.1 Å². The van der Waals surface area contributed by atoms with Crippen LogP contribution >= 0.6 is 0 Å². The highest BCUT2D eigenvalue weighted by molar-refractivity contribution is 6.23. The van der Waals surface area contributed by atoms with E-state index in [1.807, 2.05) is 24.3 Å². The van der Waals surface area contributed by atoms with Crippen molar-refractivity contribution in [3.63, 3.8) is 0 Å². The average molecular weight is 716 g/mol. The molecule has 5 nitrogen and oxygen atoms in total. The van der Waals surface area contributed by atoms with Gasteiger partial charge in [-0.25, -0.2) is 4.98 Å². The molecule has 0 amide bonds. The summed E-state index contributed by atoms with van der Waals surface area (Å²) < 4.78 is 4.66. The van der Waals surface area contributed by atoms with Crippen molar-refractivity contribution in [3.05, 3.63) is 200 Å². The molecule has 0 fully saturated rings. The minimum Gasteiger partial charge on any atom is -0.307 e. The zero-order valence-corrected chi connectivity index (χ0v) is 30.3. The maximum Gasteiger partial charge on any atom is 0.238 e. The Kier molecular flexibility index (Phi) is 7.42. The number of rotatable bonds is 6. The highest BCUT2D eigenvalue weighted by Crippen LogP contribution is 2.42. The lowest BCUT2D eigenvalue weighted by atomic mass is 9.99. The number of hydrogen-bond donors (Lipinski definition) is 0. The lowest BCUT2D eigenvalue weighted by molar-refractivity contribution is 0.953. The first kappa shape index (κ1) is 31.9. The molecule has 0 aliphatic heterocycles. The van der Waals surface area contributed by atoms with Crippen molar-refractivity contribution in [2.24, 2.45) is 0 Å². The standard InChI is InChI=1S/C51H33N5/c1-4-16-34(17-5-1)35-28-30-38(31-29-35)55-45-26-14-12-23-40(45)42-32-33-43-41-24-13-15-27-46(41)56(48(43)47(42)55)51-53-49(37-20-8-3-9-21-37)52-50(54-51)44-25-11-10-22-39(44)36-18-6-2-7-19-36/h1-33H. The van der Waals surface area contributed by atoms with E-state index in [9.17, 15) is 0 Å². The molecule has 11 rings (SSSR count). The van der Waals surface area contributed by atoms with Crippen LogP contribution in [0.3, 0.4) is 0 Å². The predicted octanol–water partition coefficient (Wildman–Crippen LogP) is 12.7. The third-order valence-electron chi connectivity index (χ3n) is 10.8. The van der Waals surface area contributed by atoms with Gasteiger partial charge in [-0.1, -0.05) is 176 Å². The zero-order valence-electron chi connectivity index (χ0n) is 30.3. The van der Waals surface area contributed by atoms with Gasteiger partial charge in [-0.15, -0.1) is 0 Å². The van der Waals surface area contributed by atoms with Gasteiger partial charge in [0, 0.05) is 38.4 Å². The molecule has 262 valence electrons. The minimum absolute atomic E-state index is 0.562. The molecule has 0 radical (unpaired) electrons. The van der Waals surface area contributed by atoms with E-state index in [4.69, 9.17) is 15.0 Å². The van der Waals surface area contributed by atoms with Crippen LogP contribution in [0.2, 0.25) is 0 Å². The summed E-state index contributed by atoms with van der Waals surface area (Å²) in [6, 6.07) is 70.3. The van der Waals surface area contributed by atoms with E-state index in [2.05, 4.69) is 185 Å². The van der Waals surface area contributed by atoms with Crippen molar-refractivity contribution < 1.29 is 0 Å². The molecule has 8 aromatic carbocycles. The molecule has 11 aromatic rings. The maximum atomic E-state index is 5.40. The highest BCUT2D eigenvalue weighted by Gasteiger charge is 2.24. The van der Waals surface area contributed by atoms with Crippen molar-refractivity contribution in [1.29, 1.82) is 0 Å². The second kappa shape index (κ2) is 13.0. The van der Waals surface area contributed by atoms with Crippen molar-refractivity contribution in [3.8, 4) is 56.7 Å². The molecule has 0 spiro atoms. The maximum absolute atomic E-state index is 5.40. The predicted molar refractivity (Wildman–Crippen MR) is 230 cm³/mol. The smallest absolute Gasteiger partial charge is 0.238 e. The summed E-state index contributed by atoms with van der Waals surface area (Å²) in [6.45, 7) is 0. The van der Waals surface area contributed by atoms with E-state index in [1.165, 1.54) is 16.5 Å². The van der Waals surface area contributed by atoms with Gasteiger partial charge in [0.15, 0.2) is 11.6 Å². The fourth-order valence-electron chi connectivity index (χ4n) is 8.26. The number of hydrogen-bond acceptors (Lipinski definition) is 3. The van der Waals surface area contributed by atoms with Crippen molar-refractivity contribution in [2.75, 3.05) is 0 Å². The van der Waals surface area contributed by atoms with Crippen LogP contribution in [0.4, 0.5) is 0 Å². The molecule has 56 heavy (non-hydrogen) atoms. The van der Waals surface area contributed by atoms with Gasteiger partial charge in [-0.05, 0) is 46.5 Å². The highest BCUT2D eigenvalue weighted by atomic mass is 15.2. The summed E-state index contributed by atoms with van der Waals surface area (Å²) in [5.41, 5.74) is 11.8. The fraction of sp³-hybridized carbons (Fsp3) is 0. The van der Waals surface area contributed by atoms with Crippen LogP contribution < -0.4 is 0 Å². The molecule has 0 unspecified atom stereocenters. The largest absolute Gasteiger partial charge is 0.307 e. The Bertz CT molecular complexity index is 3220. The Balaban J connectivity index is 1.24. The van der Waals surface area contributed by atoms with Crippen molar-refractivity contribution in [1.82, 2.24) is 24.1 Å². The average Bonchev–Trinajstić information content (AvgIpc) is 3.80. The summed E-state index contributed by atoms with van der Waals surface area (Å²) in [7, 11) is 0. The van der Waals surface area contributed by atoms with Gasteiger partial charge in [-0.3, -0.25) is 4.57 Å². The summed E-state index contributed by atoms with van der Waals surface area (Å²) in [5, 5.41) is 4.61. The Labute approximate surface area is 323 Å². The molecule has 0 saturated carbocycles. The number of aromatic nitrogens is 5. The lowest BCUT2D eigenvalue weighted by Gasteiger charge is -2.14. The minimum atomic E-state index is 0.562. The summed E-state index contributed by atoms with van der Waals surface area (Å²) in [6.07, 6.45) is 0. The van der Waals surface area contributed by atoms with Gasteiger partial charge in [0.25, 0.3) is 0 Å². The van der Waals surface area contributed by atoms with Crippen LogP contribution in [0, 0.1) is 0 Å². The molecule has 0 aliphatic carbocycles. The third kappa shape index (κ3) is 5.13. The van der Waals surface area contributed by atoms with E-state index in [0.717, 1.165) is 66.2 Å². The molecule has 0 N–H and O–H groups in total. The number of fused-ring (bicyclic) bond motifs is 7. The summed E-state index contributed by atoms with van der Waals surface area (Å²) in [4.78, 5) is 15.9. The van der Waals surface area contributed by atoms with E-state index in [0.29, 0.717) is 17.6 Å². The molecule has 0 bridgehead atoms. The quantitative estimate of drug-likeness (QED) is 0.172. The van der Waals surface area contributed by atoms with Crippen LogP contribution in [0.25, 0.3) is 100 Å². The molecule has 0 aliphatic rings. The van der Waals surface area contributed by atoms with Crippen LogP contribution in [-0.2, 0) is 0 Å². The van der Waals surface area contributed by atoms with Crippen LogP contribution in [0.1, 0.15) is 0 Å². The number of benzene rings is 8. The first-order valence-corrected chi connectivity index (χ1v) is 18.9. The number of para-hydroxylation sites is 2. The van der Waals surface area contributed by atoms with E-state index >= 15 is 0 Å². The molecule has 5 heteroatoms.